The summed E-state index contributed by atoms with van der Waals surface area (Å²) in [5, 5.41) is 5.32. The fraction of sp³-hybridized carbons (Fsp3) is 0.100. The van der Waals surface area contributed by atoms with E-state index in [4.69, 9.17) is 9.15 Å². The smallest absolute Gasteiger partial charge is 0.287 e. The molecule has 0 spiro atoms. The van der Waals surface area contributed by atoms with Crippen molar-refractivity contribution in [3.8, 4) is 11.5 Å². The zero-order chi connectivity index (χ0) is 18.4. The Labute approximate surface area is 150 Å². The number of benzene rings is 2. The summed E-state index contributed by atoms with van der Waals surface area (Å²) < 4.78 is 10.7. The van der Waals surface area contributed by atoms with Gasteiger partial charge in [-0.15, -0.1) is 0 Å². The minimum absolute atomic E-state index is 0.159. The van der Waals surface area contributed by atoms with Crippen molar-refractivity contribution in [2.24, 2.45) is 0 Å². The van der Waals surface area contributed by atoms with E-state index in [2.05, 4.69) is 10.6 Å². The highest BCUT2D eigenvalue weighted by Crippen LogP contribution is 2.22. The van der Waals surface area contributed by atoms with Crippen LogP contribution in [0.3, 0.4) is 0 Å². The predicted molar refractivity (Wildman–Crippen MR) is 97.2 cm³/mol. The van der Waals surface area contributed by atoms with E-state index in [0.717, 1.165) is 5.75 Å². The molecule has 2 aromatic carbocycles. The fourth-order valence-electron chi connectivity index (χ4n) is 2.22. The van der Waals surface area contributed by atoms with Crippen molar-refractivity contribution in [1.82, 2.24) is 5.32 Å². The van der Waals surface area contributed by atoms with Gasteiger partial charge in [-0.3, -0.25) is 9.59 Å². The SMILES string of the molecule is C[C@H](NC(=O)c1ccco1)C(=O)Nc1ccc(Oc2ccccc2)cc1. The first kappa shape index (κ1) is 17.3. The summed E-state index contributed by atoms with van der Waals surface area (Å²) in [5.74, 6) is 0.782. The average Bonchev–Trinajstić information content (AvgIpc) is 3.19. The van der Waals surface area contributed by atoms with Crippen LogP contribution in [0.4, 0.5) is 5.69 Å². The molecule has 3 rings (SSSR count). The molecule has 0 aliphatic rings. The maximum Gasteiger partial charge on any atom is 0.287 e. The Hall–Kier alpha value is -3.54. The molecular weight excluding hydrogens is 332 g/mol. The van der Waals surface area contributed by atoms with Crippen LogP contribution in [0.5, 0.6) is 11.5 Å². The fourth-order valence-corrected chi connectivity index (χ4v) is 2.22. The molecule has 0 saturated carbocycles. The molecule has 6 heteroatoms. The first-order valence-electron chi connectivity index (χ1n) is 8.10. The summed E-state index contributed by atoms with van der Waals surface area (Å²) in [5.41, 5.74) is 0.606. The highest BCUT2D eigenvalue weighted by atomic mass is 16.5. The summed E-state index contributed by atoms with van der Waals surface area (Å²) in [4.78, 5) is 24.1. The molecule has 1 heterocycles. The summed E-state index contributed by atoms with van der Waals surface area (Å²) in [7, 11) is 0. The van der Waals surface area contributed by atoms with Crippen LogP contribution >= 0.6 is 0 Å². The van der Waals surface area contributed by atoms with Crippen LogP contribution < -0.4 is 15.4 Å². The van der Waals surface area contributed by atoms with Gasteiger partial charge in [-0.1, -0.05) is 18.2 Å². The molecule has 132 valence electrons. The third-order valence-electron chi connectivity index (χ3n) is 3.59. The topological polar surface area (TPSA) is 80.6 Å². The van der Waals surface area contributed by atoms with Gasteiger partial charge in [0.25, 0.3) is 5.91 Å². The number of ether oxygens (including phenoxy) is 1. The van der Waals surface area contributed by atoms with E-state index in [1.54, 1.807) is 37.3 Å². The van der Waals surface area contributed by atoms with E-state index in [1.807, 2.05) is 30.3 Å². The Morgan fingerprint density at radius 3 is 2.27 bits per heavy atom. The minimum Gasteiger partial charge on any atom is -0.459 e. The van der Waals surface area contributed by atoms with E-state index in [1.165, 1.54) is 12.3 Å². The van der Waals surface area contributed by atoms with Gasteiger partial charge >= 0.3 is 0 Å². The van der Waals surface area contributed by atoms with Gasteiger partial charge < -0.3 is 19.8 Å². The van der Waals surface area contributed by atoms with Crippen LogP contribution in [0.25, 0.3) is 0 Å². The molecule has 1 atom stereocenters. The molecule has 0 unspecified atom stereocenters. The summed E-state index contributed by atoms with van der Waals surface area (Å²) in [6.07, 6.45) is 1.40. The van der Waals surface area contributed by atoms with Crippen molar-refractivity contribution in [3.05, 3.63) is 78.8 Å². The summed E-state index contributed by atoms with van der Waals surface area (Å²) in [6.45, 7) is 1.60. The quantitative estimate of drug-likeness (QED) is 0.708. The lowest BCUT2D eigenvalue weighted by Crippen LogP contribution is -2.41. The van der Waals surface area contributed by atoms with Crippen molar-refractivity contribution >= 4 is 17.5 Å². The second-order valence-electron chi connectivity index (χ2n) is 5.60. The number of anilines is 1. The van der Waals surface area contributed by atoms with E-state index in [-0.39, 0.29) is 11.7 Å². The summed E-state index contributed by atoms with van der Waals surface area (Å²) in [6, 6.07) is 18.8. The number of hydrogen-bond acceptors (Lipinski definition) is 4. The van der Waals surface area contributed by atoms with Crippen LogP contribution in [0.1, 0.15) is 17.5 Å². The van der Waals surface area contributed by atoms with Crippen LogP contribution in [-0.4, -0.2) is 17.9 Å². The molecule has 1 aromatic heterocycles. The lowest BCUT2D eigenvalue weighted by atomic mass is 10.2. The molecule has 6 nitrogen and oxygen atoms in total. The van der Waals surface area contributed by atoms with Crippen molar-refractivity contribution in [2.75, 3.05) is 5.32 Å². The molecule has 3 aromatic rings. The molecule has 0 radical (unpaired) electrons. The van der Waals surface area contributed by atoms with Gasteiger partial charge in [0.2, 0.25) is 5.91 Å². The highest BCUT2D eigenvalue weighted by Gasteiger charge is 2.18. The molecule has 0 bridgehead atoms. The standard InChI is InChI=1S/C20H18N2O4/c1-14(21-20(24)18-8-5-13-25-18)19(23)22-15-9-11-17(12-10-15)26-16-6-3-2-4-7-16/h2-14H,1H3,(H,21,24)(H,22,23)/t14-/m0/s1. The molecule has 0 aliphatic heterocycles. The number of carbonyl (C=O) groups is 2. The Morgan fingerprint density at radius 1 is 0.923 bits per heavy atom. The maximum absolute atomic E-state index is 12.2. The zero-order valence-corrected chi connectivity index (χ0v) is 14.1. The Morgan fingerprint density at radius 2 is 1.62 bits per heavy atom. The first-order chi connectivity index (χ1) is 12.6. The van der Waals surface area contributed by atoms with Gasteiger partial charge in [-0.25, -0.2) is 0 Å². The van der Waals surface area contributed by atoms with Crippen molar-refractivity contribution in [2.45, 2.75) is 13.0 Å². The second-order valence-corrected chi connectivity index (χ2v) is 5.60. The summed E-state index contributed by atoms with van der Waals surface area (Å²) >= 11 is 0. The molecule has 0 saturated heterocycles. The normalized spacial score (nSPS) is 11.4. The van der Waals surface area contributed by atoms with Crippen molar-refractivity contribution in [3.63, 3.8) is 0 Å². The molecular formula is C20H18N2O4. The maximum atomic E-state index is 12.2. The third-order valence-corrected chi connectivity index (χ3v) is 3.59. The lowest BCUT2D eigenvalue weighted by molar-refractivity contribution is -0.117. The monoisotopic (exact) mass is 350 g/mol. The number of hydrogen-bond donors (Lipinski definition) is 2. The molecule has 0 fully saturated rings. The molecule has 2 amide bonds. The lowest BCUT2D eigenvalue weighted by Gasteiger charge is -2.13. The van der Waals surface area contributed by atoms with Crippen LogP contribution in [-0.2, 0) is 4.79 Å². The van der Waals surface area contributed by atoms with E-state index in [9.17, 15) is 9.59 Å². The van der Waals surface area contributed by atoms with Crippen LogP contribution in [0, 0.1) is 0 Å². The van der Waals surface area contributed by atoms with Gasteiger partial charge in [0.05, 0.1) is 6.26 Å². The number of carbonyl (C=O) groups excluding carboxylic acids is 2. The van der Waals surface area contributed by atoms with Crippen molar-refractivity contribution < 1.29 is 18.7 Å². The van der Waals surface area contributed by atoms with Gasteiger partial charge in [0.1, 0.15) is 17.5 Å². The number of para-hydroxylation sites is 1. The minimum atomic E-state index is -0.715. The van der Waals surface area contributed by atoms with Gasteiger partial charge in [-0.05, 0) is 55.5 Å². The first-order valence-corrected chi connectivity index (χ1v) is 8.10. The van der Waals surface area contributed by atoms with Gasteiger partial charge in [0, 0.05) is 5.69 Å². The highest BCUT2D eigenvalue weighted by molar-refractivity contribution is 5.99. The Kier molecular flexibility index (Phi) is 5.34. The van der Waals surface area contributed by atoms with Gasteiger partial charge in [-0.2, -0.15) is 0 Å². The number of amides is 2. The molecule has 2 N–H and O–H groups in total. The van der Waals surface area contributed by atoms with E-state index in [0.29, 0.717) is 11.4 Å². The number of furan rings is 1. The van der Waals surface area contributed by atoms with Crippen molar-refractivity contribution in [1.29, 1.82) is 0 Å². The Balaban J connectivity index is 1.54. The third kappa shape index (κ3) is 4.51. The number of nitrogens with one attached hydrogen (secondary N) is 2. The van der Waals surface area contributed by atoms with E-state index < -0.39 is 11.9 Å². The van der Waals surface area contributed by atoms with Gasteiger partial charge in [0.15, 0.2) is 5.76 Å². The average molecular weight is 350 g/mol. The molecule has 26 heavy (non-hydrogen) atoms. The van der Waals surface area contributed by atoms with Crippen LogP contribution in [0.2, 0.25) is 0 Å². The predicted octanol–water partition coefficient (Wildman–Crippen LogP) is 3.83. The Bertz CT molecular complexity index is 859. The number of rotatable bonds is 6. The largest absolute Gasteiger partial charge is 0.459 e. The second kappa shape index (κ2) is 8.02. The zero-order valence-electron chi connectivity index (χ0n) is 14.1. The molecule has 0 aliphatic carbocycles. The van der Waals surface area contributed by atoms with Crippen LogP contribution in [0.15, 0.2) is 77.4 Å². The van der Waals surface area contributed by atoms with E-state index >= 15 is 0 Å².